The number of hydrogen-bond acceptors (Lipinski definition) is 3. The number of aromatic nitrogens is 1. The molecule has 0 aliphatic carbocycles. The molecule has 2 rings (SSSR count). The molecule has 1 aromatic carbocycles. The second kappa shape index (κ2) is 5.07. The van der Waals surface area contributed by atoms with E-state index in [2.05, 4.69) is 10.3 Å². The maximum absolute atomic E-state index is 12.9. The minimum absolute atomic E-state index is 0.128. The molecule has 0 amide bonds. The Labute approximate surface area is 106 Å². The van der Waals surface area contributed by atoms with Crippen LogP contribution in [-0.4, -0.2) is 12.0 Å². The van der Waals surface area contributed by atoms with Crippen LogP contribution in [0.1, 0.15) is 10.6 Å². The fourth-order valence-electron chi connectivity index (χ4n) is 1.62. The van der Waals surface area contributed by atoms with Gasteiger partial charge in [0.1, 0.15) is 5.01 Å². The van der Waals surface area contributed by atoms with Gasteiger partial charge in [-0.25, -0.2) is 4.98 Å². The lowest BCUT2D eigenvalue weighted by Crippen LogP contribution is -2.07. The van der Waals surface area contributed by atoms with Crippen LogP contribution in [0.25, 0.3) is 11.3 Å². The number of halogens is 3. The van der Waals surface area contributed by atoms with Gasteiger partial charge in [0.25, 0.3) is 0 Å². The molecule has 0 saturated carbocycles. The first-order chi connectivity index (χ1) is 8.52. The van der Waals surface area contributed by atoms with Gasteiger partial charge in [0.15, 0.2) is 0 Å². The molecule has 2 aromatic rings. The number of thiazole rings is 1. The summed E-state index contributed by atoms with van der Waals surface area (Å²) in [7, 11) is 1.77. The highest BCUT2D eigenvalue weighted by molar-refractivity contribution is 7.09. The predicted octanol–water partition coefficient (Wildman–Crippen LogP) is 3.55. The highest BCUT2D eigenvalue weighted by Crippen LogP contribution is 2.37. The molecule has 0 unspecified atom stereocenters. The first kappa shape index (κ1) is 13.0. The van der Waals surface area contributed by atoms with Gasteiger partial charge in [-0.2, -0.15) is 13.2 Å². The summed E-state index contributed by atoms with van der Waals surface area (Å²) in [6, 6.07) is 5.49. The van der Waals surface area contributed by atoms with Crippen molar-refractivity contribution in [3.63, 3.8) is 0 Å². The molecule has 18 heavy (non-hydrogen) atoms. The third-order valence-corrected chi connectivity index (χ3v) is 3.24. The molecule has 1 N–H and O–H groups in total. The summed E-state index contributed by atoms with van der Waals surface area (Å²) in [5.74, 6) is 0. The summed E-state index contributed by atoms with van der Waals surface area (Å²) >= 11 is 1.35. The number of hydrogen-bond donors (Lipinski definition) is 1. The smallest absolute Gasteiger partial charge is 0.314 e. The van der Waals surface area contributed by atoms with Crippen LogP contribution in [0, 0.1) is 0 Å². The summed E-state index contributed by atoms with van der Waals surface area (Å²) in [5, 5.41) is 5.34. The van der Waals surface area contributed by atoms with Gasteiger partial charge in [-0.05, 0) is 13.1 Å². The van der Waals surface area contributed by atoms with E-state index in [0.29, 0.717) is 12.2 Å². The number of benzene rings is 1. The lowest BCUT2D eigenvalue weighted by molar-refractivity contribution is -0.137. The van der Waals surface area contributed by atoms with Gasteiger partial charge in [0, 0.05) is 17.5 Å². The first-order valence-electron chi connectivity index (χ1n) is 5.28. The monoisotopic (exact) mass is 272 g/mol. The fraction of sp³-hybridized carbons (Fsp3) is 0.250. The highest BCUT2D eigenvalue weighted by Gasteiger charge is 2.33. The summed E-state index contributed by atoms with van der Waals surface area (Å²) in [5.41, 5.74) is -0.145. The van der Waals surface area contributed by atoms with Crippen LogP contribution < -0.4 is 5.32 Å². The van der Waals surface area contributed by atoms with E-state index in [0.717, 1.165) is 11.1 Å². The average Bonchev–Trinajstić information content (AvgIpc) is 2.77. The SMILES string of the molecule is CNCc1nc(-c2ccccc2C(F)(F)F)cs1. The fourth-order valence-corrected chi connectivity index (χ4v) is 2.43. The minimum atomic E-state index is -4.36. The zero-order chi connectivity index (χ0) is 13.2. The van der Waals surface area contributed by atoms with Crippen LogP contribution in [-0.2, 0) is 12.7 Å². The van der Waals surface area contributed by atoms with Gasteiger partial charge in [-0.15, -0.1) is 11.3 Å². The summed E-state index contributed by atoms with van der Waals surface area (Å²) in [6.07, 6.45) is -4.36. The van der Waals surface area contributed by atoms with Gasteiger partial charge in [-0.3, -0.25) is 0 Å². The van der Waals surface area contributed by atoms with Crippen LogP contribution >= 0.6 is 11.3 Å². The van der Waals surface area contributed by atoms with E-state index in [1.165, 1.54) is 23.5 Å². The van der Waals surface area contributed by atoms with Crippen molar-refractivity contribution in [2.45, 2.75) is 12.7 Å². The summed E-state index contributed by atoms with van der Waals surface area (Å²) in [6.45, 7) is 0.554. The van der Waals surface area contributed by atoms with Gasteiger partial charge in [-0.1, -0.05) is 18.2 Å². The Kier molecular flexibility index (Phi) is 3.68. The van der Waals surface area contributed by atoms with Crippen molar-refractivity contribution in [2.24, 2.45) is 0 Å². The number of rotatable bonds is 3. The maximum Gasteiger partial charge on any atom is 0.417 e. The molecule has 0 aliphatic heterocycles. The largest absolute Gasteiger partial charge is 0.417 e. The second-order valence-corrected chi connectivity index (χ2v) is 4.64. The summed E-state index contributed by atoms with van der Waals surface area (Å²) < 4.78 is 38.6. The Morgan fingerprint density at radius 3 is 2.67 bits per heavy atom. The van der Waals surface area contributed by atoms with Crippen LogP contribution in [0.2, 0.25) is 0 Å². The molecular weight excluding hydrogens is 261 g/mol. The van der Waals surface area contributed by atoms with Crippen LogP contribution in [0.4, 0.5) is 13.2 Å². The van der Waals surface area contributed by atoms with Crippen molar-refractivity contribution in [2.75, 3.05) is 7.05 Å². The normalized spacial score (nSPS) is 11.8. The molecule has 0 fully saturated rings. The van der Waals surface area contributed by atoms with Crippen molar-refractivity contribution in [3.8, 4) is 11.3 Å². The Morgan fingerprint density at radius 2 is 2.00 bits per heavy atom. The minimum Gasteiger partial charge on any atom is -0.314 e. The van der Waals surface area contributed by atoms with Crippen LogP contribution in [0.3, 0.4) is 0 Å². The van der Waals surface area contributed by atoms with E-state index in [1.807, 2.05) is 0 Å². The van der Waals surface area contributed by atoms with Crippen LogP contribution in [0.5, 0.6) is 0 Å². The van der Waals surface area contributed by atoms with E-state index >= 15 is 0 Å². The molecule has 96 valence electrons. The molecule has 1 aromatic heterocycles. The van der Waals surface area contributed by atoms with Crippen molar-refractivity contribution < 1.29 is 13.2 Å². The van der Waals surface area contributed by atoms with E-state index in [-0.39, 0.29) is 5.56 Å². The summed E-state index contributed by atoms with van der Waals surface area (Å²) in [4.78, 5) is 4.20. The Morgan fingerprint density at radius 1 is 1.28 bits per heavy atom. The predicted molar refractivity (Wildman–Crippen MR) is 65.3 cm³/mol. The Hall–Kier alpha value is -1.40. The molecule has 0 atom stereocenters. The number of nitrogens with one attached hydrogen (secondary N) is 1. The van der Waals surface area contributed by atoms with Crippen molar-refractivity contribution in [3.05, 3.63) is 40.2 Å². The zero-order valence-electron chi connectivity index (χ0n) is 9.58. The molecular formula is C12H11F3N2S. The zero-order valence-corrected chi connectivity index (χ0v) is 10.4. The Balaban J connectivity index is 2.43. The number of alkyl halides is 3. The van der Waals surface area contributed by atoms with Crippen molar-refractivity contribution in [1.82, 2.24) is 10.3 Å². The van der Waals surface area contributed by atoms with Crippen LogP contribution in [0.15, 0.2) is 29.6 Å². The van der Waals surface area contributed by atoms with Gasteiger partial charge in [0.2, 0.25) is 0 Å². The molecule has 0 spiro atoms. The average molecular weight is 272 g/mol. The topological polar surface area (TPSA) is 24.9 Å². The molecule has 6 heteroatoms. The lowest BCUT2D eigenvalue weighted by Gasteiger charge is -2.10. The molecule has 2 nitrogen and oxygen atoms in total. The maximum atomic E-state index is 12.9. The molecule has 0 bridgehead atoms. The highest BCUT2D eigenvalue weighted by atomic mass is 32.1. The van der Waals surface area contributed by atoms with E-state index in [9.17, 15) is 13.2 Å². The van der Waals surface area contributed by atoms with E-state index in [4.69, 9.17) is 0 Å². The Bertz CT molecular complexity index is 534. The third-order valence-electron chi connectivity index (χ3n) is 2.39. The van der Waals surface area contributed by atoms with Gasteiger partial charge < -0.3 is 5.32 Å². The van der Waals surface area contributed by atoms with Gasteiger partial charge >= 0.3 is 6.18 Å². The van der Waals surface area contributed by atoms with E-state index in [1.54, 1.807) is 18.5 Å². The molecule has 0 aliphatic rings. The van der Waals surface area contributed by atoms with Gasteiger partial charge in [0.05, 0.1) is 11.3 Å². The second-order valence-electron chi connectivity index (χ2n) is 3.70. The van der Waals surface area contributed by atoms with E-state index < -0.39 is 11.7 Å². The number of nitrogens with zero attached hydrogens (tertiary/aromatic N) is 1. The third kappa shape index (κ3) is 2.70. The standard InChI is InChI=1S/C12H11F3N2S/c1-16-6-11-17-10(7-18-11)8-4-2-3-5-9(8)12(13,14)15/h2-5,7,16H,6H2,1H3. The lowest BCUT2D eigenvalue weighted by atomic mass is 10.1. The molecule has 1 heterocycles. The van der Waals surface area contributed by atoms with Crippen molar-refractivity contribution >= 4 is 11.3 Å². The quantitative estimate of drug-likeness (QED) is 0.924. The molecule has 0 radical (unpaired) electrons. The van der Waals surface area contributed by atoms with Crippen molar-refractivity contribution in [1.29, 1.82) is 0 Å². The molecule has 0 saturated heterocycles. The first-order valence-corrected chi connectivity index (χ1v) is 6.16.